The number of benzene rings is 3. The van der Waals surface area contributed by atoms with Gasteiger partial charge in [-0.25, -0.2) is 0 Å². The van der Waals surface area contributed by atoms with Gasteiger partial charge in [0.2, 0.25) is 5.91 Å². The molecule has 0 aliphatic carbocycles. The summed E-state index contributed by atoms with van der Waals surface area (Å²) >= 11 is 12.6. The molecule has 3 aromatic carbocycles. The molecular formula is C29H32Cl2N2O5. The molecule has 9 heteroatoms. The lowest BCUT2D eigenvalue weighted by Crippen LogP contribution is -2.51. The van der Waals surface area contributed by atoms with Crippen molar-refractivity contribution in [2.24, 2.45) is 0 Å². The van der Waals surface area contributed by atoms with Gasteiger partial charge in [0.1, 0.15) is 23.3 Å². The van der Waals surface area contributed by atoms with Crippen LogP contribution in [0.3, 0.4) is 0 Å². The lowest BCUT2D eigenvalue weighted by molar-refractivity contribution is -0.142. The number of methoxy groups -OCH3 is 2. The molecule has 0 fully saturated rings. The summed E-state index contributed by atoms with van der Waals surface area (Å²) < 4.78 is 16.4. The van der Waals surface area contributed by atoms with Crippen molar-refractivity contribution in [3.63, 3.8) is 0 Å². The first-order valence-electron chi connectivity index (χ1n) is 12.3. The van der Waals surface area contributed by atoms with Crippen molar-refractivity contribution >= 4 is 35.0 Å². The maximum Gasteiger partial charge on any atom is 0.261 e. The van der Waals surface area contributed by atoms with E-state index < -0.39 is 6.04 Å². The third-order valence-electron chi connectivity index (χ3n) is 5.86. The number of halogens is 2. The minimum absolute atomic E-state index is 0.0939. The lowest BCUT2D eigenvalue weighted by Gasteiger charge is -2.31. The van der Waals surface area contributed by atoms with Crippen LogP contribution in [0.25, 0.3) is 0 Å². The predicted octanol–water partition coefficient (Wildman–Crippen LogP) is 5.56. The summed E-state index contributed by atoms with van der Waals surface area (Å²) in [7, 11) is 3.06. The highest BCUT2D eigenvalue weighted by Gasteiger charge is 2.31. The van der Waals surface area contributed by atoms with E-state index in [0.717, 1.165) is 12.0 Å². The van der Waals surface area contributed by atoms with E-state index in [0.29, 0.717) is 45.8 Å². The number of nitrogens with zero attached hydrogens (tertiary/aromatic N) is 1. The van der Waals surface area contributed by atoms with E-state index in [1.165, 1.54) is 19.1 Å². The number of nitrogens with one attached hydrogen (secondary N) is 1. The van der Waals surface area contributed by atoms with E-state index in [9.17, 15) is 9.59 Å². The van der Waals surface area contributed by atoms with Crippen molar-refractivity contribution in [2.45, 2.75) is 32.4 Å². The van der Waals surface area contributed by atoms with Crippen LogP contribution in [0.15, 0.2) is 66.7 Å². The van der Waals surface area contributed by atoms with Crippen molar-refractivity contribution in [1.29, 1.82) is 0 Å². The highest BCUT2D eigenvalue weighted by atomic mass is 35.5. The molecule has 0 radical (unpaired) electrons. The molecule has 0 saturated heterocycles. The monoisotopic (exact) mass is 558 g/mol. The molecule has 38 heavy (non-hydrogen) atoms. The second kappa shape index (κ2) is 14.5. The Hall–Kier alpha value is -3.42. The smallest absolute Gasteiger partial charge is 0.261 e. The summed E-state index contributed by atoms with van der Waals surface area (Å²) in [5, 5.41) is 3.82. The average molecular weight is 559 g/mol. The zero-order valence-electron chi connectivity index (χ0n) is 21.7. The van der Waals surface area contributed by atoms with Gasteiger partial charge >= 0.3 is 0 Å². The van der Waals surface area contributed by atoms with Crippen LogP contribution in [0.5, 0.6) is 17.2 Å². The molecule has 1 N–H and O–H groups in total. The molecule has 3 aromatic rings. The van der Waals surface area contributed by atoms with E-state index in [2.05, 4.69) is 5.32 Å². The van der Waals surface area contributed by atoms with Crippen molar-refractivity contribution in [2.75, 3.05) is 27.4 Å². The Balaban J connectivity index is 1.93. The Morgan fingerprint density at radius 3 is 2.18 bits per heavy atom. The Kier molecular flexibility index (Phi) is 11.1. The molecular weight excluding hydrogens is 527 g/mol. The number of amides is 2. The summed E-state index contributed by atoms with van der Waals surface area (Å²) in [6, 6.07) is 18.9. The quantitative estimate of drug-likeness (QED) is 0.297. The van der Waals surface area contributed by atoms with Crippen LogP contribution < -0.4 is 19.5 Å². The number of hydrogen-bond donors (Lipinski definition) is 1. The molecule has 0 saturated carbocycles. The molecule has 0 aromatic heterocycles. The van der Waals surface area contributed by atoms with Crippen molar-refractivity contribution < 1.29 is 23.8 Å². The fourth-order valence-corrected chi connectivity index (χ4v) is 4.31. The topological polar surface area (TPSA) is 77.1 Å². The Bertz CT molecular complexity index is 1200. The Morgan fingerprint density at radius 1 is 0.921 bits per heavy atom. The summed E-state index contributed by atoms with van der Waals surface area (Å²) in [5.74, 6) is 0.812. The molecule has 202 valence electrons. The second-order valence-electron chi connectivity index (χ2n) is 8.59. The molecule has 0 aliphatic heterocycles. The normalized spacial score (nSPS) is 11.4. The zero-order chi connectivity index (χ0) is 27.5. The standard InChI is InChI=1S/C29H32Cl2N2O5/c1-4-12-32-29(35)27(13-20-8-6-5-7-9-20)33(18-21-10-11-22(30)14-26(21)31)28(34)19-38-25-16-23(36-2)15-24(17-25)37-3/h5-11,14-17,27H,4,12-13,18-19H2,1-3H3,(H,32,35)/t27-/m0/s1. The van der Waals surface area contributed by atoms with Gasteiger partial charge in [0, 0.05) is 47.8 Å². The molecule has 0 spiro atoms. The third-order valence-corrected chi connectivity index (χ3v) is 6.45. The summed E-state index contributed by atoms with van der Waals surface area (Å²) in [6.45, 7) is 2.25. The van der Waals surface area contributed by atoms with Gasteiger partial charge in [0.15, 0.2) is 6.61 Å². The molecule has 7 nitrogen and oxygen atoms in total. The SMILES string of the molecule is CCCNC(=O)[C@H](Cc1ccccc1)N(Cc1ccc(Cl)cc1Cl)C(=O)COc1cc(OC)cc(OC)c1. The zero-order valence-corrected chi connectivity index (χ0v) is 23.2. The molecule has 2 amide bonds. The van der Waals surface area contributed by atoms with Crippen molar-refractivity contribution in [3.8, 4) is 17.2 Å². The van der Waals surface area contributed by atoms with Gasteiger partial charge in [0.25, 0.3) is 5.91 Å². The number of hydrogen-bond acceptors (Lipinski definition) is 5. The lowest BCUT2D eigenvalue weighted by atomic mass is 10.0. The van der Waals surface area contributed by atoms with Crippen molar-refractivity contribution in [3.05, 3.63) is 87.9 Å². The third kappa shape index (κ3) is 8.30. The van der Waals surface area contributed by atoms with Gasteiger partial charge in [-0.05, 0) is 29.7 Å². The fraction of sp³-hybridized carbons (Fsp3) is 0.310. The van der Waals surface area contributed by atoms with Crippen LogP contribution in [0.1, 0.15) is 24.5 Å². The number of carbonyl (C=O) groups excluding carboxylic acids is 2. The maximum atomic E-state index is 13.7. The van der Waals surface area contributed by atoms with Gasteiger partial charge in [-0.3, -0.25) is 9.59 Å². The summed E-state index contributed by atoms with van der Waals surface area (Å²) in [6.07, 6.45) is 1.09. The van der Waals surface area contributed by atoms with Gasteiger partial charge in [-0.1, -0.05) is 66.5 Å². The van der Waals surface area contributed by atoms with E-state index in [-0.39, 0.29) is 25.0 Å². The van der Waals surface area contributed by atoms with Gasteiger partial charge in [-0.15, -0.1) is 0 Å². The summed E-state index contributed by atoms with van der Waals surface area (Å²) in [5.41, 5.74) is 1.58. The average Bonchev–Trinajstić information content (AvgIpc) is 2.93. The van der Waals surface area contributed by atoms with E-state index >= 15 is 0 Å². The second-order valence-corrected chi connectivity index (χ2v) is 9.43. The van der Waals surface area contributed by atoms with Crippen LogP contribution >= 0.6 is 23.2 Å². The van der Waals surface area contributed by atoms with E-state index in [1.54, 1.807) is 36.4 Å². The predicted molar refractivity (Wildman–Crippen MR) is 149 cm³/mol. The highest BCUT2D eigenvalue weighted by Crippen LogP contribution is 2.28. The number of rotatable bonds is 13. The molecule has 3 rings (SSSR count). The molecule has 0 bridgehead atoms. The Labute approximate surface area is 233 Å². The first-order valence-corrected chi connectivity index (χ1v) is 13.0. The highest BCUT2D eigenvalue weighted by molar-refractivity contribution is 6.35. The number of carbonyl (C=O) groups is 2. The number of ether oxygens (including phenoxy) is 3. The molecule has 0 unspecified atom stereocenters. The van der Waals surface area contributed by atoms with Crippen LogP contribution in [-0.4, -0.2) is 50.1 Å². The summed E-state index contributed by atoms with van der Waals surface area (Å²) in [4.78, 5) is 28.6. The maximum absolute atomic E-state index is 13.7. The van der Waals surface area contributed by atoms with Gasteiger partial charge in [-0.2, -0.15) is 0 Å². The first kappa shape index (κ1) is 29.1. The van der Waals surface area contributed by atoms with Crippen LogP contribution in [0.2, 0.25) is 10.0 Å². The fourth-order valence-electron chi connectivity index (χ4n) is 3.85. The van der Waals surface area contributed by atoms with Crippen LogP contribution in [-0.2, 0) is 22.6 Å². The first-order chi connectivity index (χ1) is 18.3. The van der Waals surface area contributed by atoms with E-state index in [1.807, 2.05) is 37.3 Å². The molecule has 0 heterocycles. The minimum Gasteiger partial charge on any atom is -0.496 e. The van der Waals surface area contributed by atoms with Gasteiger partial charge in [0.05, 0.1) is 14.2 Å². The molecule has 1 atom stereocenters. The Morgan fingerprint density at radius 2 is 1.58 bits per heavy atom. The largest absolute Gasteiger partial charge is 0.496 e. The van der Waals surface area contributed by atoms with Crippen LogP contribution in [0, 0.1) is 0 Å². The minimum atomic E-state index is -0.799. The van der Waals surface area contributed by atoms with Crippen molar-refractivity contribution in [1.82, 2.24) is 10.2 Å². The van der Waals surface area contributed by atoms with Gasteiger partial charge < -0.3 is 24.4 Å². The van der Waals surface area contributed by atoms with E-state index in [4.69, 9.17) is 37.4 Å². The molecule has 0 aliphatic rings. The van der Waals surface area contributed by atoms with Crippen LogP contribution in [0.4, 0.5) is 0 Å².